The van der Waals surface area contributed by atoms with E-state index < -0.39 is 0 Å². The van der Waals surface area contributed by atoms with E-state index in [2.05, 4.69) is 33.2 Å². The molecule has 0 aliphatic heterocycles. The topological polar surface area (TPSA) is 41.1 Å². The van der Waals surface area contributed by atoms with Gasteiger partial charge in [-0.05, 0) is 77.7 Å². The molecule has 0 atom stereocenters. The van der Waals surface area contributed by atoms with Crippen molar-refractivity contribution in [3.63, 3.8) is 0 Å². The lowest BCUT2D eigenvalue weighted by Crippen LogP contribution is -2.13. The zero-order chi connectivity index (χ0) is 16.1. The van der Waals surface area contributed by atoms with Crippen LogP contribution in [0.4, 0.5) is 11.4 Å². The summed E-state index contributed by atoms with van der Waals surface area (Å²) in [4.78, 5) is 12.3. The molecular formula is C19H21IN2O. The number of nitrogens with one attached hydrogen (secondary N) is 2. The van der Waals surface area contributed by atoms with Gasteiger partial charge in [0.05, 0.1) is 5.56 Å². The molecule has 1 amide bonds. The lowest BCUT2D eigenvalue weighted by Gasteiger charge is -2.12. The van der Waals surface area contributed by atoms with Gasteiger partial charge in [0.2, 0.25) is 0 Å². The molecule has 0 saturated heterocycles. The highest BCUT2D eigenvalue weighted by atomic mass is 127. The summed E-state index contributed by atoms with van der Waals surface area (Å²) in [6.45, 7) is 1.05. The normalized spacial score (nSPS) is 14.7. The summed E-state index contributed by atoms with van der Waals surface area (Å²) in [5.74, 6) is 0.746. The van der Waals surface area contributed by atoms with Gasteiger partial charge in [0.1, 0.15) is 0 Å². The minimum absolute atomic E-state index is 0.0679. The van der Waals surface area contributed by atoms with Crippen molar-refractivity contribution in [3.05, 3.63) is 57.7 Å². The molecule has 120 valence electrons. The first kappa shape index (κ1) is 16.3. The molecule has 3 nitrogen and oxygen atoms in total. The van der Waals surface area contributed by atoms with Gasteiger partial charge < -0.3 is 10.6 Å². The Kier molecular flexibility index (Phi) is 5.54. The maximum absolute atomic E-state index is 12.3. The van der Waals surface area contributed by atoms with Crippen molar-refractivity contribution in [1.82, 2.24) is 0 Å². The fourth-order valence-corrected chi connectivity index (χ4v) is 3.62. The Labute approximate surface area is 151 Å². The summed E-state index contributed by atoms with van der Waals surface area (Å²) >= 11 is 2.18. The third-order valence-corrected chi connectivity index (χ3v) is 5.27. The van der Waals surface area contributed by atoms with Gasteiger partial charge in [-0.15, -0.1) is 0 Å². The van der Waals surface area contributed by atoms with Crippen LogP contribution in [0.3, 0.4) is 0 Å². The molecule has 1 saturated carbocycles. The molecule has 0 radical (unpaired) electrons. The summed E-state index contributed by atoms with van der Waals surface area (Å²) < 4.78 is 0.956. The molecule has 1 fully saturated rings. The molecule has 1 aliphatic carbocycles. The zero-order valence-corrected chi connectivity index (χ0v) is 15.2. The van der Waals surface area contributed by atoms with Gasteiger partial charge in [-0.2, -0.15) is 0 Å². The zero-order valence-electron chi connectivity index (χ0n) is 13.0. The van der Waals surface area contributed by atoms with E-state index in [1.807, 2.05) is 48.5 Å². The second-order valence-corrected chi connectivity index (χ2v) is 7.20. The van der Waals surface area contributed by atoms with Crippen LogP contribution < -0.4 is 10.6 Å². The fourth-order valence-electron chi connectivity index (χ4n) is 2.99. The largest absolute Gasteiger partial charge is 0.385 e. The minimum atomic E-state index is -0.0679. The number of carbonyl (C=O) groups excluding carboxylic acids is 1. The average Bonchev–Trinajstić information content (AvgIpc) is 3.08. The Balaban J connectivity index is 1.56. The van der Waals surface area contributed by atoms with Crippen molar-refractivity contribution in [2.75, 3.05) is 17.2 Å². The van der Waals surface area contributed by atoms with Crippen molar-refractivity contribution in [1.29, 1.82) is 0 Å². The molecule has 23 heavy (non-hydrogen) atoms. The quantitative estimate of drug-likeness (QED) is 0.658. The smallest absolute Gasteiger partial charge is 0.256 e. The van der Waals surface area contributed by atoms with Gasteiger partial charge in [0.25, 0.3) is 5.91 Å². The summed E-state index contributed by atoms with van der Waals surface area (Å²) in [7, 11) is 0. The first-order valence-corrected chi connectivity index (χ1v) is 9.20. The highest BCUT2D eigenvalue weighted by molar-refractivity contribution is 14.1. The molecule has 4 heteroatoms. The highest BCUT2D eigenvalue weighted by Crippen LogP contribution is 2.25. The molecule has 2 N–H and O–H groups in total. The monoisotopic (exact) mass is 420 g/mol. The second kappa shape index (κ2) is 7.81. The van der Waals surface area contributed by atoms with E-state index in [0.29, 0.717) is 5.56 Å². The van der Waals surface area contributed by atoms with E-state index in [9.17, 15) is 4.79 Å². The van der Waals surface area contributed by atoms with Crippen LogP contribution in [0.1, 0.15) is 36.0 Å². The number of hydrogen-bond acceptors (Lipinski definition) is 2. The Morgan fingerprint density at radius 3 is 2.35 bits per heavy atom. The number of benzene rings is 2. The van der Waals surface area contributed by atoms with E-state index in [1.54, 1.807) is 0 Å². The van der Waals surface area contributed by atoms with Crippen molar-refractivity contribution in [2.45, 2.75) is 25.7 Å². The van der Waals surface area contributed by atoms with Gasteiger partial charge in [-0.3, -0.25) is 4.79 Å². The van der Waals surface area contributed by atoms with Gasteiger partial charge >= 0.3 is 0 Å². The third-order valence-electron chi connectivity index (χ3n) is 4.33. The van der Waals surface area contributed by atoms with Crippen molar-refractivity contribution in [2.24, 2.45) is 5.92 Å². The summed E-state index contributed by atoms with van der Waals surface area (Å²) in [6.07, 6.45) is 5.43. The predicted octanol–water partition coefficient (Wildman–Crippen LogP) is 5.15. The van der Waals surface area contributed by atoms with Gasteiger partial charge in [-0.25, -0.2) is 0 Å². The predicted molar refractivity (Wildman–Crippen MR) is 104 cm³/mol. The van der Waals surface area contributed by atoms with Crippen LogP contribution in [0.25, 0.3) is 0 Å². The van der Waals surface area contributed by atoms with E-state index in [-0.39, 0.29) is 5.91 Å². The number of rotatable bonds is 5. The Morgan fingerprint density at radius 1 is 1.00 bits per heavy atom. The molecule has 0 aromatic heterocycles. The van der Waals surface area contributed by atoms with Gasteiger partial charge in [0.15, 0.2) is 0 Å². The third kappa shape index (κ3) is 4.47. The number of anilines is 2. The van der Waals surface area contributed by atoms with Crippen LogP contribution in [0.15, 0.2) is 48.5 Å². The van der Waals surface area contributed by atoms with E-state index in [4.69, 9.17) is 0 Å². The maximum atomic E-state index is 12.3. The molecule has 1 aliphatic rings. The lowest BCUT2D eigenvalue weighted by molar-refractivity contribution is 0.102. The molecule has 3 rings (SSSR count). The van der Waals surface area contributed by atoms with Crippen LogP contribution in [0.2, 0.25) is 0 Å². The van der Waals surface area contributed by atoms with E-state index in [1.165, 1.54) is 25.7 Å². The van der Waals surface area contributed by atoms with Crippen LogP contribution in [-0.2, 0) is 0 Å². The number of carbonyl (C=O) groups is 1. The molecule has 0 heterocycles. The van der Waals surface area contributed by atoms with E-state index in [0.717, 1.165) is 27.4 Å². The first-order chi connectivity index (χ1) is 11.2. The molecule has 2 aromatic carbocycles. The van der Waals surface area contributed by atoms with Crippen molar-refractivity contribution < 1.29 is 4.79 Å². The van der Waals surface area contributed by atoms with Crippen molar-refractivity contribution >= 4 is 39.9 Å². The number of halogens is 1. The lowest BCUT2D eigenvalue weighted by atomic mass is 10.1. The van der Waals surface area contributed by atoms with Crippen LogP contribution in [0, 0.1) is 9.49 Å². The Hall–Kier alpha value is -1.56. The minimum Gasteiger partial charge on any atom is -0.385 e. The highest BCUT2D eigenvalue weighted by Gasteiger charge is 2.14. The SMILES string of the molecule is O=C(Nc1ccc(NCC2CCCC2)cc1)c1ccccc1I. The van der Waals surface area contributed by atoms with Crippen LogP contribution in [-0.4, -0.2) is 12.5 Å². The number of amides is 1. The van der Waals surface area contributed by atoms with Gasteiger partial charge in [-0.1, -0.05) is 25.0 Å². The fraction of sp³-hybridized carbons (Fsp3) is 0.316. The summed E-state index contributed by atoms with van der Waals surface area (Å²) in [6, 6.07) is 15.5. The summed E-state index contributed by atoms with van der Waals surface area (Å²) in [5, 5.41) is 6.45. The van der Waals surface area contributed by atoms with Crippen molar-refractivity contribution in [3.8, 4) is 0 Å². The number of hydrogen-bond donors (Lipinski definition) is 2. The standard InChI is InChI=1S/C19H21IN2O/c20-18-8-4-3-7-17(18)19(23)22-16-11-9-15(10-12-16)21-13-14-5-1-2-6-14/h3-4,7-12,14,21H,1-2,5-6,13H2,(H,22,23). The average molecular weight is 420 g/mol. The molecule has 0 spiro atoms. The molecule has 2 aromatic rings. The Bertz CT molecular complexity index is 663. The summed E-state index contributed by atoms with van der Waals surface area (Å²) in [5.41, 5.74) is 2.64. The van der Waals surface area contributed by atoms with Gasteiger partial charge in [0, 0.05) is 21.5 Å². The molecule has 0 unspecified atom stereocenters. The first-order valence-electron chi connectivity index (χ1n) is 8.12. The second-order valence-electron chi connectivity index (χ2n) is 6.04. The molecular weight excluding hydrogens is 399 g/mol. The Morgan fingerprint density at radius 2 is 1.65 bits per heavy atom. The van der Waals surface area contributed by atoms with Crippen LogP contribution >= 0.6 is 22.6 Å². The molecule has 0 bridgehead atoms. The van der Waals surface area contributed by atoms with E-state index >= 15 is 0 Å². The maximum Gasteiger partial charge on any atom is 0.256 e. The van der Waals surface area contributed by atoms with Crippen LogP contribution in [0.5, 0.6) is 0 Å².